The van der Waals surface area contributed by atoms with Gasteiger partial charge in [0.1, 0.15) is 11.6 Å². The summed E-state index contributed by atoms with van der Waals surface area (Å²) in [5.41, 5.74) is 3.52. The van der Waals surface area contributed by atoms with Crippen LogP contribution < -0.4 is 11.3 Å². The van der Waals surface area contributed by atoms with Crippen LogP contribution in [0.1, 0.15) is 31.3 Å². The number of ether oxygens (including phenoxy) is 1. The Kier molecular flexibility index (Phi) is 5.28. The highest BCUT2D eigenvalue weighted by atomic mass is 16.5. The lowest BCUT2D eigenvalue weighted by Crippen LogP contribution is -2.37. The number of nitrogen functional groups attached to an aromatic ring is 1. The molecule has 112 valence electrons. The van der Waals surface area contributed by atoms with Gasteiger partial charge < -0.3 is 10.2 Å². The van der Waals surface area contributed by atoms with Crippen molar-refractivity contribution in [3.05, 3.63) is 17.6 Å². The van der Waals surface area contributed by atoms with Crippen LogP contribution >= 0.6 is 0 Å². The van der Waals surface area contributed by atoms with Crippen molar-refractivity contribution < 1.29 is 4.74 Å². The number of hydrogen-bond acceptors (Lipinski definition) is 6. The van der Waals surface area contributed by atoms with E-state index in [1.807, 2.05) is 13.0 Å². The number of nitrogens with zero attached hydrogens (tertiary/aromatic N) is 3. The van der Waals surface area contributed by atoms with Gasteiger partial charge >= 0.3 is 0 Å². The predicted octanol–water partition coefficient (Wildman–Crippen LogP) is 1.32. The van der Waals surface area contributed by atoms with E-state index in [4.69, 9.17) is 10.6 Å². The number of hydrazine groups is 1. The molecule has 0 aromatic carbocycles. The van der Waals surface area contributed by atoms with Gasteiger partial charge in [-0.2, -0.15) is 0 Å². The smallest absolute Gasteiger partial charge is 0.145 e. The molecule has 0 bridgehead atoms. The Morgan fingerprint density at radius 1 is 1.50 bits per heavy atom. The van der Waals surface area contributed by atoms with E-state index in [9.17, 15) is 0 Å². The van der Waals surface area contributed by atoms with Crippen molar-refractivity contribution in [3.63, 3.8) is 0 Å². The largest absolute Gasteiger partial charge is 0.383 e. The van der Waals surface area contributed by atoms with E-state index in [0.29, 0.717) is 11.9 Å². The van der Waals surface area contributed by atoms with Crippen molar-refractivity contribution in [1.82, 2.24) is 14.9 Å². The molecule has 0 spiro atoms. The number of rotatable bonds is 8. The zero-order chi connectivity index (χ0) is 14.5. The molecule has 6 heteroatoms. The third kappa shape index (κ3) is 4.13. The Balaban J connectivity index is 2.07. The van der Waals surface area contributed by atoms with Gasteiger partial charge in [-0.3, -0.25) is 4.90 Å². The first-order chi connectivity index (χ1) is 9.63. The molecular formula is C14H25N5O. The van der Waals surface area contributed by atoms with Crippen LogP contribution in [0.3, 0.4) is 0 Å². The lowest BCUT2D eigenvalue weighted by Gasteiger charge is -2.28. The maximum Gasteiger partial charge on any atom is 0.145 e. The maximum absolute atomic E-state index is 5.44. The molecule has 1 fully saturated rings. The van der Waals surface area contributed by atoms with Crippen LogP contribution in [0.2, 0.25) is 0 Å². The van der Waals surface area contributed by atoms with Gasteiger partial charge in [-0.15, -0.1) is 0 Å². The summed E-state index contributed by atoms with van der Waals surface area (Å²) in [6.07, 6.45) is 2.66. The molecule has 1 aliphatic rings. The highest BCUT2D eigenvalue weighted by Crippen LogP contribution is 2.35. The lowest BCUT2D eigenvalue weighted by atomic mass is 10.2. The van der Waals surface area contributed by atoms with Crippen molar-refractivity contribution in [2.24, 2.45) is 11.8 Å². The molecule has 0 aliphatic heterocycles. The first-order valence-electron chi connectivity index (χ1n) is 7.18. The summed E-state index contributed by atoms with van der Waals surface area (Å²) in [7, 11) is 1.74. The summed E-state index contributed by atoms with van der Waals surface area (Å²) < 4.78 is 5.21. The van der Waals surface area contributed by atoms with E-state index in [-0.39, 0.29) is 0 Å². The van der Waals surface area contributed by atoms with E-state index < -0.39 is 0 Å². The lowest BCUT2D eigenvalue weighted by molar-refractivity contribution is 0.109. The van der Waals surface area contributed by atoms with Crippen molar-refractivity contribution in [3.8, 4) is 0 Å². The first-order valence-corrected chi connectivity index (χ1v) is 7.18. The van der Waals surface area contributed by atoms with Gasteiger partial charge in [0.15, 0.2) is 0 Å². The molecule has 0 amide bonds. The van der Waals surface area contributed by atoms with Crippen molar-refractivity contribution >= 4 is 5.82 Å². The van der Waals surface area contributed by atoms with Gasteiger partial charge in [0, 0.05) is 31.5 Å². The Hall–Kier alpha value is -1.24. The average molecular weight is 279 g/mol. The van der Waals surface area contributed by atoms with Gasteiger partial charge in [0.25, 0.3) is 0 Å². The van der Waals surface area contributed by atoms with Gasteiger partial charge in [0.05, 0.1) is 13.2 Å². The van der Waals surface area contributed by atoms with Gasteiger partial charge in [-0.05, 0) is 32.6 Å². The Morgan fingerprint density at radius 2 is 2.25 bits per heavy atom. The molecule has 1 unspecified atom stereocenters. The molecule has 1 heterocycles. The topological polar surface area (TPSA) is 76.3 Å². The number of nitrogens with two attached hydrogens (primary N) is 1. The number of hydrogen-bond donors (Lipinski definition) is 2. The fraction of sp³-hybridized carbons (Fsp3) is 0.714. The maximum atomic E-state index is 5.44. The number of aryl methyl sites for hydroxylation is 1. The Morgan fingerprint density at radius 3 is 2.85 bits per heavy atom. The van der Waals surface area contributed by atoms with Crippen molar-refractivity contribution in [2.75, 3.05) is 25.7 Å². The summed E-state index contributed by atoms with van der Waals surface area (Å²) in [5, 5.41) is 0. The predicted molar refractivity (Wildman–Crippen MR) is 79.1 cm³/mol. The molecule has 0 saturated heterocycles. The second kappa shape index (κ2) is 6.97. The first kappa shape index (κ1) is 15.2. The molecule has 1 atom stereocenters. The quantitative estimate of drug-likeness (QED) is 0.552. The normalized spacial score (nSPS) is 16.4. The van der Waals surface area contributed by atoms with Gasteiger partial charge in [-0.25, -0.2) is 15.8 Å². The molecule has 6 nitrogen and oxygen atoms in total. The monoisotopic (exact) mass is 279 g/mol. The van der Waals surface area contributed by atoms with E-state index in [0.717, 1.165) is 37.1 Å². The third-order valence-electron chi connectivity index (χ3n) is 3.86. The molecule has 1 aromatic heterocycles. The molecular weight excluding hydrogens is 254 g/mol. The zero-order valence-corrected chi connectivity index (χ0v) is 12.6. The minimum absolute atomic E-state index is 0.545. The van der Waals surface area contributed by atoms with Crippen molar-refractivity contribution in [2.45, 2.75) is 39.3 Å². The fourth-order valence-electron chi connectivity index (χ4n) is 2.47. The summed E-state index contributed by atoms with van der Waals surface area (Å²) in [6.45, 7) is 6.60. The van der Waals surface area contributed by atoms with Crippen LogP contribution in [0.15, 0.2) is 6.07 Å². The highest BCUT2D eigenvalue weighted by molar-refractivity contribution is 5.33. The van der Waals surface area contributed by atoms with Crippen molar-refractivity contribution in [1.29, 1.82) is 0 Å². The standard InChI is InChI=1S/C14H25N5O/c1-10-8-13(18-15)17-14(16-10)9-19(6-7-20-3)11(2)12-4-5-12/h8,11-12H,4-7,9,15H2,1-3H3,(H,16,17,18). The van der Waals surface area contributed by atoms with Gasteiger partial charge in [-0.1, -0.05) is 0 Å². The summed E-state index contributed by atoms with van der Waals surface area (Å²) in [5.74, 6) is 7.72. The van der Waals surface area contributed by atoms with Gasteiger partial charge in [0.2, 0.25) is 0 Å². The molecule has 1 aliphatic carbocycles. The Bertz CT molecular complexity index is 436. The SMILES string of the molecule is COCCN(Cc1nc(C)cc(NN)n1)C(C)C1CC1. The number of nitrogens with one attached hydrogen (secondary N) is 1. The van der Waals surface area contributed by atoms with E-state index >= 15 is 0 Å². The summed E-state index contributed by atoms with van der Waals surface area (Å²) in [6, 6.07) is 2.39. The van der Waals surface area contributed by atoms with Crippen LogP contribution in [0, 0.1) is 12.8 Å². The van der Waals surface area contributed by atoms with Crippen LogP contribution in [0.4, 0.5) is 5.82 Å². The molecule has 20 heavy (non-hydrogen) atoms. The fourth-order valence-corrected chi connectivity index (χ4v) is 2.47. The van der Waals surface area contributed by atoms with E-state index in [1.165, 1.54) is 12.8 Å². The highest BCUT2D eigenvalue weighted by Gasteiger charge is 2.32. The third-order valence-corrected chi connectivity index (χ3v) is 3.86. The molecule has 1 aromatic rings. The number of methoxy groups -OCH3 is 1. The van der Waals surface area contributed by atoms with E-state index in [2.05, 4.69) is 27.2 Å². The van der Waals surface area contributed by atoms with Crippen LogP contribution in [0.5, 0.6) is 0 Å². The van der Waals surface area contributed by atoms with Crippen LogP contribution in [-0.2, 0) is 11.3 Å². The van der Waals surface area contributed by atoms with Crippen LogP contribution in [-0.4, -0.2) is 41.2 Å². The second-order valence-electron chi connectivity index (χ2n) is 5.50. The van der Waals surface area contributed by atoms with Crippen LogP contribution in [0.25, 0.3) is 0 Å². The molecule has 0 radical (unpaired) electrons. The molecule has 1 saturated carbocycles. The molecule has 2 rings (SSSR count). The summed E-state index contributed by atoms with van der Waals surface area (Å²) >= 11 is 0. The molecule has 3 N–H and O–H groups in total. The number of aromatic nitrogens is 2. The summed E-state index contributed by atoms with van der Waals surface area (Å²) in [4.78, 5) is 11.3. The minimum atomic E-state index is 0.545. The number of anilines is 1. The average Bonchev–Trinajstić information content (AvgIpc) is 3.26. The van der Waals surface area contributed by atoms with E-state index in [1.54, 1.807) is 7.11 Å². The Labute approximate surface area is 120 Å². The second-order valence-corrected chi connectivity index (χ2v) is 5.50. The minimum Gasteiger partial charge on any atom is -0.383 e. The zero-order valence-electron chi connectivity index (χ0n) is 12.6.